The minimum absolute atomic E-state index is 0.0778. The van der Waals surface area contributed by atoms with Gasteiger partial charge in [0.2, 0.25) is 11.8 Å². The second kappa shape index (κ2) is 8.51. The highest BCUT2D eigenvalue weighted by Crippen LogP contribution is 2.56. The van der Waals surface area contributed by atoms with Crippen LogP contribution in [-0.2, 0) is 25.7 Å². The first-order valence-electron chi connectivity index (χ1n) is 12.7. The number of fused-ring (bicyclic) bond motifs is 3. The first-order chi connectivity index (χ1) is 17.8. The number of rotatable bonds is 3. The first kappa shape index (κ1) is 23.3. The highest BCUT2D eigenvalue weighted by molar-refractivity contribution is 6.23. The Morgan fingerprint density at radius 2 is 1.68 bits per heavy atom. The number of aryl methyl sites for hydroxylation is 1. The molecule has 4 atom stereocenters. The smallest absolute Gasteiger partial charge is 0.234 e. The maximum Gasteiger partial charge on any atom is 0.234 e. The number of phenols is 1. The SMILES string of the molecule is CC1=CC(=O)C2=C(CC3C(=CCC4C(=O)N(Cc5ccccc5)C(=O)C43)C2c2cccc(C)c2O)C1=O. The van der Waals surface area contributed by atoms with E-state index in [9.17, 15) is 24.3 Å². The quantitative estimate of drug-likeness (QED) is 0.390. The van der Waals surface area contributed by atoms with Crippen molar-refractivity contribution in [3.63, 3.8) is 0 Å². The van der Waals surface area contributed by atoms with Crippen LogP contribution >= 0.6 is 0 Å². The van der Waals surface area contributed by atoms with E-state index in [1.165, 1.54) is 11.0 Å². The van der Waals surface area contributed by atoms with Crippen LogP contribution in [0.2, 0.25) is 0 Å². The van der Waals surface area contributed by atoms with Gasteiger partial charge in [0, 0.05) is 28.2 Å². The molecule has 6 heteroatoms. The van der Waals surface area contributed by atoms with Crippen LogP contribution < -0.4 is 0 Å². The third kappa shape index (κ3) is 3.46. The van der Waals surface area contributed by atoms with Gasteiger partial charge in [0.25, 0.3) is 0 Å². The number of para-hydroxylation sites is 1. The number of imide groups is 1. The molecule has 2 amide bonds. The summed E-state index contributed by atoms with van der Waals surface area (Å²) in [6.45, 7) is 3.63. The summed E-state index contributed by atoms with van der Waals surface area (Å²) >= 11 is 0. The number of aromatic hydroxyl groups is 1. The third-order valence-corrected chi connectivity index (χ3v) is 8.42. The number of carbonyl (C=O) groups excluding carboxylic acids is 4. The van der Waals surface area contributed by atoms with Gasteiger partial charge in [-0.25, -0.2) is 0 Å². The number of carbonyl (C=O) groups is 4. The Morgan fingerprint density at radius 1 is 0.919 bits per heavy atom. The Balaban J connectivity index is 1.47. The van der Waals surface area contributed by atoms with E-state index in [1.54, 1.807) is 26.0 Å². The molecule has 0 saturated carbocycles. The lowest BCUT2D eigenvalue weighted by Gasteiger charge is -2.42. The van der Waals surface area contributed by atoms with Crippen LogP contribution in [0.15, 0.2) is 83.0 Å². The number of nitrogens with zero attached hydrogens (tertiary/aromatic N) is 1. The van der Waals surface area contributed by atoms with Gasteiger partial charge in [-0.15, -0.1) is 0 Å². The zero-order valence-corrected chi connectivity index (χ0v) is 20.7. The summed E-state index contributed by atoms with van der Waals surface area (Å²) < 4.78 is 0. The summed E-state index contributed by atoms with van der Waals surface area (Å²) in [5, 5.41) is 11.0. The van der Waals surface area contributed by atoms with Crippen LogP contribution in [0.1, 0.15) is 42.4 Å². The Labute approximate surface area is 215 Å². The van der Waals surface area contributed by atoms with E-state index in [1.807, 2.05) is 42.5 Å². The summed E-state index contributed by atoms with van der Waals surface area (Å²) in [7, 11) is 0. The van der Waals surface area contributed by atoms with Crippen molar-refractivity contribution in [2.75, 3.05) is 0 Å². The number of Topliss-reactive ketones (excluding diaryl/α,β-unsaturated/α-hetero) is 1. The average Bonchev–Trinajstić information content (AvgIpc) is 3.13. The Morgan fingerprint density at radius 3 is 2.43 bits per heavy atom. The number of likely N-dealkylation sites (tertiary alicyclic amines) is 1. The standard InChI is InChI=1S/C31H27NO5/c1-16-7-6-10-20(28(16)34)25-19-11-12-21-26(22(19)14-23-27(25)24(33)13-17(2)29(23)35)31(37)32(30(21)36)15-18-8-4-3-5-9-18/h3-11,13,21-22,25-26,34H,12,14-15H2,1-2H3. The summed E-state index contributed by atoms with van der Waals surface area (Å²) in [5.41, 5.74) is 4.09. The van der Waals surface area contributed by atoms with E-state index in [0.717, 1.165) is 11.1 Å². The molecule has 2 aromatic carbocycles. The number of hydrogen-bond acceptors (Lipinski definition) is 5. The molecule has 0 radical (unpaired) electrons. The van der Waals surface area contributed by atoms with E-state index >= 15 is 0 Å². The van der Waals surface area contributed by atoms with Gasteiger partial charge in [-0.3, -0.25) is 24.1 Å². The zero-order valence-electron chi connectivity index (χ0n) is 20.7. The predicted octanol–water partition coefficient (Wildman–Crippen LogP) is 4.33. The maximum absolute atomic E-state index is 13.8. The molecule has 1 saturated heterocycles. The van der Waals surface area contributed by atoms with Crippen molar-refractivity contribution >= 4 is 23.4 Å². The number of benzene rings is 2. The fourth-order valence-electron chi connectivity index (χ4n) is 6.64. The highest BCUT2D eigenvalue weighted by atomic mass is 16.3. The Bertz CT molecular complexity index is 1480. The van der Waals surface area contributed by atoms with Crippen molar-refractivity contribution in [1.29, 1.82) is 0 Å². The van der Waals surface area contributed by atoms with Gasteiger partial charge in [0.05, 0.1) is 18.4 Å². The van der Waals surface area contributed by atoms with Gasteiger partial charge in [-0.1, -0.05) is 60.2 Å². The number of ketones is 2. The summed E-state index contributed by atoms with van der Waals surface area (Å²) in [6, 6.07) is 14.8. The molecular formula is C31H27NO5. The molecule has 6 nitrogen and oxygen atoms in total. The van der Waals surface area contributed by atoms with Crippen LogP contribution in [0.5, 0.6) is 5.75 Å². The second-order valence-corrected chi connectivity index (χ2v) is 10.5. The molecule has 0 aromatic heterocycles. The highest BCUT2D eigenvalue weighted by Gasteiger charge is 2.56. The summed E-state index contributed by atoms with van der Waals surface area (Å²) in [5.74, 6) is -2.92. The monoisotopic (exact) mass is 493 g/mol. The van der Waals surface area contributed by atoms with Gasteiger partial charge in [0.15, 0.2) is 11.6 Å². The molecule has 1 heterocycles. The zero-order chi connectivity index (χ0) is 26.0. The van der Waals surface area contributed by atoms with E-state index in [0.29, 0.717) is 34.3 Å². The van der Waals surface area contributed by atoms with E-state index in [2.05, 4.69) is 0 Å². The van der Waals surface area contributed by atoms with Crippen molar-refractivity contribution in [3.8, 4) is 5.75 Å². The molecule has 4 unspecified atom stereocenters. The van der Waals surface area contributed by atoms with Crippen LogP contribution in [0.3, 0.4) is 0 Å². The van der Waals surface area contributed by atoms with Crippen molar-refractivity contribution in [3.05, 3.63) is 99.7 Å². The third-order valence-electron chi connectivity index (χ3n) is 8.42. The maximum atomic E-state index is 13.8. The summed E-state index contributed by atoms with van der Waals surface area (Å²) in [4.78, 5) is 55.2. The van der Waals surface area contributed by atoms with Crippen molar-refractivity contribution < 1.29 is 24.3 Å². The second-order valence-electron chi connectivity index (χ2n) is 10.5. The fraction of sp³-hybridized carbons (Fsp3) is 0.290. The Kier molecular flexibility index (Phi) is 5.37. The van der Waals surface area contributed by atoms with E-state index < -0.39 is 23.7 Å². The van der Waals surface area contributed by atoms with E-state index in [4.69, 9.17) is 0 Å². The molecule has 1 aliphatic heterocycles. The summed E-state index contributed by atoms with van der Waals surface area (Å²) in [6.07, 6.45) is 3.97. The van der Waals surface area contributed by atoms with Gasteiger partial charge in [0.1, 0.15) is 5.75 Å². The normalized spacial score (nSPS) is 27.0. The molecular weight excluding hydrogens is 466 g/mol. The minimum atomic E-state index is -0.638. The Hall–Kier alpha value is -4.06. The van der Waals surface area contributed by atoms with E-state index in [-0.39, 0.29) is 42.1 Å². The van der Waals surface area contributed by atoms with Crippen LogP contribution in [0, 0.1) is 24.7 Å². The molecule has 0 bridgehead atoms. The molecule has 37 heavy (non-hydrogen) atoms. The molecule has 2 aromatic rings. The van der Waals surface area contributed by atoms with Crippen molar-refractivity contribution in [1.82, 2.24) is 4.90 Å². The minimum Gasteiger partial charge on any atom is -0.507 e. The average molecular weight is 494 g/mol. The van der Waals surface area contributed by atoms with Crippen LogP contribution in [0.4, 0.5) is 0 Å². The first-order valence-corrected chi connectivity index (χ1v) is 12.7. The molecule has 186 valence electrons. The van der Waals surface area contributed by atoms with Gasteiger partial charge in [-0.2, -0.15) is 0 Å². The largest absolute Gasteiger partial charge is 0.507 e. The molecule has 3 aliphatic carbocycles. The van der Waals surface area contributed by atoms with Crippen LogP contribution in [-0.4, -0.2) is 33.4 Å². The molecule has 6 rings (SSSR count). The van der Waals surface area contributed by atoms with Crippen molar-refractivity contribution in [2.24, 2.45) is 17.8 Å². The molecule has 0 spiro atoms. The predicted molar refractivity (Wildman–Crippen MR) is 136 cm³/mol. The lowest BCUT2D eigenvalue weighted by molar-refractivity contribution is -0.140. The number of amides is 2. The van der Waals surface area contributed by atoms with Gasteiger partial charge < -0.3 is 5.11 Å². The molecule has 1 fully saturated rings. The lowest BCUT2D eigenvalue weighted by Crippen LogP contribution is -2.39. The van der Waals surface area contributed by atoms with Crippen molar-refractivity contribution in [2.45, 2.75) is 39.2 Å². The molecule has 4 aliphatic rings. The topological polar surface area (TPSA) is 91.8 Å². The number of phenolic OH excluding ortho intramolecular Hbond substituents is 1. The number of allylic oxidation sites excluding steroid dienone is 6. The fourth-order valence-corrected chi connectivity index (χ4v) is 6.64. The number of hydrogen-bond donors (Lipinski definition) is 1. The molecule has 1 N–H and O–H groups in total. The van der Waals surface area contributed by atoms with Crippen LogP contribution in [0.25, 0.3) is 0 Å². The van der Waals surface area contributed by atoms with Gasteiger partial charge >= 0.3 is 0 Å². The lowest BCUT2D eigenvalue weighted by atomic mass is 9.59. The van der Waals surface area contributed by atoms with Gasteiger partial charge in [-0.05, 0) is 49.8 Å².